The fourth-order valence-electron chi connectivity index (χ4n) is 1.96. The zero-order valence-corrected chi connectivity index (χ0v) is 10.3. The fraction of sp³-hybridized carbons (Fsp3) is 0.909. The molecule has 14 heavy (non-hydrogen) atoms. The first-order chi connectivity index (χ1) is 6.58. The van der Waals surface area contributed by atoms with Gasteiger partial charge in [0, 0.05) is 18.7 Å². The lowest BCUT2D eigenvalue weighted by molar-refractivity contribution is -0.109. The van der Waals surface area contributed by atoms with Gasteiger partial charge >= 0.3 is 0 Å². The molecule has 1 fully saturated rings. The molecule has 0 atom stereocenters. The number of carbonyl (C=O) groups is 1. The van der Waals surface area contributed by atoms with Crippen molar-refractivity contribution in [3.8, 4) is 0 Å². The van der Waals surface area contributed by atoms with Crippen LogP contribution in [0.25, 0.3) is 0 Å². The monoisotopic (exact) mass is 215 g/mol. The maximum absolute atomic E-state index is 10.9. The number of thioether (sulfide) groups is 1. The molecular weight excluding hydrogens is 194 g/mol. The molecule has 0 saturated carbocycles. The van der Waals surface area contributed by atoms with Gasteiger partial charge < -0.3 is 4.90 Å². The van der Waals surface area contributed by atoms with Crippen LogP contribution in [0.2, 0.25) is 0 Å². The molecule has 0 unspecified atom stereocenters. The van der Waals surface area contributed by atoms with E-state index in [1.54, 1.807) is 6.92 Å². The number of carbonyl (C=O) groups excluding carboxylic acids is 1. The lowest BCUT2D eigenvalue weighted by atomic mass is 10.1. The van der Waals surface area contributed by atoms with Gasteiger partial charge in [0.2, 0.25) is 0 Å². The summed E-state index contributed by atoms with van der Waals surface area (Å²) in [5.41, 5.74) is 0. The molecule has 0 aromatic heterocycles. The van der Waals surface area contributed by atoms with Gasteiger partial charge in [-0.3, -0.25) is 4.79 Å². The zero-order valence-electron chi connectivity index (χ0n) is 9.45. The minimum absolute atomic E-state index is 0.271. The number of hydrogen-bond acceptors (Lipinski definition) is 3. The Balaban J connectivity index is 2.21. The second kappa shape index (κ2) is 5.76. The van der Waals surface area contributed by atoms with Crippen LogP contribution >= 0.6 is 11.8 Å². The molecule has 0 N–H and O–H groups in total. The lowest BCUT2D eigenvalue weighted by Gasteiger charge is -2.32. The highest BCUT2D eigenvalue weighted by atomic mass is 32.2. The van der Waals surface area contributed by atoms with Crippen LogP contribution in [0, 0.1) is 5.92 Å². The van der Waals surface area contributed by atoms with Crippen LogP contribution in [0.3, 0.4) is 0 Å². The summed E-state index contributed by atoms with van der Waals surface area (Å²) in [7, 11) is 0. The number of rotatable bonds is 3. The molecule has 1 rings (SSSR count). The van der Waals surface area contributed by atoms with Crippen LogP contribution in [0.1, 0.15) is 33.6 Å². The smallest absolute Gasteiger partial charge is 0.186 e. The highest BCUT2D eigenvalue weighted by molar-refractivity contribution is 8.14. The second-order valence-corrected chi connectivity index (χ2v) is 5.98. The van der Waals surface area contributed by atoms with E-state index in [0.29, 0.717) is 5.25 Å². The molecule has 1 saturated heterocycles. The first-order valence-electron chi connectivity index (χ1n) is 5.47. The first kappa shape index (κ1) is 12.1. The predicted molar refractivity (Wildman–Crippen MR) is 62.6 cm³/mol. The molecule has 0 radical (unpaired) electrons. The molecule has 0 aliphatic carbocycles. The summed E-state index contributed by atoms with van der Waals surface area (Å²) < 4.78 is 0. The number of likely N-dealkylation sites (tertiary alicyclic amines) is 1. The third-order valence-corrected chi connectivity index (χ3v) is 3.63. The van der Waals surface area contributed by atoms with E-state index in [2.05, 4.69) is 18.7 Å². The van der Waals surface area contributed by atoms with Gasteiger partial charge in [-0.1, -0.05) is 25.6 Å². The molecule has 1 aliphatic rings. The van der Waals surface area contributed by atoms with Crippen molar-refractivity contribution >= 4 is 16.9 Å². The van der Waals surface area contributed by atoms with Crippen LogP contribution in [-0.4, -0.2) is 34.9 Å². The van der Waals surface area contributed by atoms with Crippen LogP contribution in [0.5, 0.6) is 0 Å². The van der Waals surface area contributed by atoms with Gasteiger partial charge in [-0.25, -0.2) is 0 Å². The summed E-state index contributed by atoms with van der Waals surface area (Å²) in [6, 6.07) is 0. The van der Waals surface area contributed by atoms with Crippen molar-refractivity contribution < 1.29 is 4.79 Å². The Hall–Kier alpha value is -0.0200. The van der Waals surface area contributed by atoms with Crippen LogP contribution in [0.4, 0.5) is 0 Å². The lowest BCUT2D eigenvalue weighted by Crippen LogP contribution is -2.37. The fourth-order valence-corrected chi connectivity index (χ4v) is 2.88. The third-order valence-electron chi connectivity index (χ3n) is 2.49. The minimum Gasteiger partial charge on any atom is -0.303 e. The van der Waals surface area contributed by atoms with E-state index in [-0.39, 0.29) is 5.12 Å². The van der Waals surface area contributed by atoms with Crippen molar-refractivity contribution in [1.82, 2.24) is 4.90 Å². The summed E-state index contributed by atoms with van der Waals surface area (Å²) in [6.45, 7) is 9.74. The van der Waals surface area contributed by atoms with Crippen molar-refractivity contribution in [2.45, 2.75) is 38.9 Å². The Kier molecular flexibility index (Phi) is 4.96. The van der Waals surface area contributed by atoms with E-state index in [1.165, 1.54) is 44.2 Å². The standard InChI is InChI=1S/C11H21NOS/c1-9(2)8-12-6-4-11(5-7-12)14-10(3)13/h9,11H,4-8H2,1-3H3. The van der Waals surface area contributed by atoms with Gasteiger partial charge in [0.25, 0.3) is 0 Å². The van der Waals surface area contributed by atoms with E-state index in [4.69, 9.17) is 0 Å². The number of nitrogens with zero attached hydrogens (tertiary/aromatic N) is 1. The maximum Gasteiger partial charge on any atom is 0.186 e. The highest BCUT2D eigenvalue weighted by Crippen LogP contribution is 2.24. The normalized spacial score (nSPS) is 20.3. The van der Waals surface area contributed by atoms with Crippen molar-refractivity contribution in [2.24, 2.45) is 5.92 Å². The van der Waals surface area contributed by atoms with E-state index in [0.717, 1.165) is 5.92 Å². The molecular formula is C11H21NOS. The van der Waals surface area contributed by atoms with E-state index in [1.807, 2.05) is 0 Å². The summed E-state index contributed by atoms with van der Waals surface area (Å²) in [4.78, 5) is 13.4. The van der Waals surface area contributed by atoms with Crippen molar-refractivity contribution in [2.75, 3.05) is 19.6 Å². The molecule has 0 spiro atoms. The summed E-state index contributed by atoms with van der Waals surface area (Å²) in [5, 5.41) is 0.850. The van der Waals surface area contributed by atoms with E-state index >= 15 is 0 Å². The number of piperidine rings is 1. The highest BCUT2D eigenvalue weighted by Gasteiger charge is 2.20. The molecule has 0 aromatic carbocycles. The van der Waals surface area contributed by atoms with Gasteiger partial charge in [-0.2, -0.15) is 0 Å². The van der Waals surface area contributed by atoms with Crippen molar-refractivity contribution in [3.05, 3.63) is 0 Å². The number of hydrogen-bond donors (Lipinski definition) is 0. The second-order valence-electron chi connectivity index (χ2n) is 4.50. The van der Waals surface area contributed by atoms with E-state index < -0.39 is 0 Å². The first-order valence-corrected chi connectivity index (χ1v) is 6.35. The summed E-state index contributed by atoms with van der Waals surface area (Å²) in [5.74, 6) is 0.756. The molecule has 82 valence electrons. The maximum atomic E-state index is 10.9. The average Bonchev–Trinajstić information content (AvgIpc) is 2.06. The van der Waals surface area contributed by atoms with Crippen molar-refractivity contribution in [1.29, 1.82) is 0 Å². The molecule has 3 heteroatoms. The van der Waals surface area contributed by atoms with Gasteiger partial charge in [0.15, 0.2) is 5.12 Å². The molecule has 1 aliphatic heterocycles. The summed E-state index contributed by atoms with van der Waals surface area (Å²) >= 11 is 1.53. The Morgan fingerprint density at radius 2 is 2.00 bits per heavy atom. The Labute approximate surface area is 91.4 Å². The van der Waals surface area contributed by atoms with E-state index in [9.17, 15) is 4.79 Å². The Bertz CT molecular complexity index is 186. The Morgan fingerprint density at radius 1 is 1.43 bits per heavy atom. The van der Waals surface area contributed by atoms with Crippen LogP contribution in [-0.2, 0) is 4.79 Å². The van der Waals surface area contributed by atoms with Crippen LogP contribution < -0.4 is 0 Å². The van der Waals surface area contributed by atoms with Gasteiger partial charge in [0.05, 0.1) is 0 Å². The molecule has 2 nitrogen and oxygen atoms in total. The molecule has 1 heterocycles. The predicted octanol–water partition coefficient (Wildman–Crippen LogP) is 2.39. The van der Waals surface area contributed by atoms with Gasteiger partial charge in [-0.15, -0.1) is 0 Å². The van der Waals surface area contributed by atoms with Gasteiger partial charge in [-0.05, 0) is 31.8 Å². The molecule has 0 bridgehead atoms. The average molecular weight is 215 g/mol. The third kappa shape index (κ3) is 4.47. The van der Waals surface area contributed by atoms with Crippen molar-refractivity contribution in [3.63, 3.8) is 0 Å². The zero-order chi connectivity index (χ0) is 10.6. The quantitative estimate of drug-likeness (QED) is 0.721. The van der Waals surface area contributed by atoms with Crippen LogP contribution in [0.15, 0.2) is 0 Å². The SMILES string of the molecule is CC(=O)SC1CCN(CC(C)C)CC1. The Morgan fingerprint density at radius 3 is 2.43 bits per heavy atom. The topological polar surface area (TPSA) is 20.3 Å². The van der Waals surface area contributed by atoms with Gasteiger partial charge in [0.1, 0.15) is 0 Å². The summed E-state index contributed by atoms with van der Waals surface area (Å²) in [6.07, 6.45) is 2.36. The molecule has 0 amide bonds. The molecule has 0 aromatic rings. The largest absolute Gasteiger partial charge is 0.303 e. The minimum atomic E-state index is 0.271.